The zero-order chi connectivity index (χ0) is 13.0. The van der Waals surface area contributed by atoms with Gasteiger partial charge in [0.15, 0.2) is 0 Å². The maximum Gasteiger partial charge on any atom is 0.0846 e. The van der Waals surface area contributed by atoms with Crippen LogP contribution in [0.25, 0.3) is 0 Å². The fourth-order valence-corrected chi connectivity index (χ4v) is 3.48. The monoisotopic (exact) mass is 255 g/mol. The van der Waals surface area contributed by atoms with Crippen molar-refractivity contribution in [1.29, 1.82) is 0 Å². The lowest BCUT2D eigenvalue weighted by Gasteiger charge is -2.40. The average Bonchev–Trinajstić information content (AvgIpc) is 2.39. The second kappa shape index (κ2) is 6.36. The number of methoxy groups -OCH3 is 1. The number of hydrogen-bond acceptors (Lipinski definition) is 3. The Balaban J connectivity index is 1.82. The molecule has 1 saturated carbocycles. The van der Waals surface area contributed by atoms with Crippen molar-refractivity contribution in [3.8, 4) is 0 Å². The largest absolute Gasteiger partial charge is 0.381 e. The first-order valence-electron chi connectivity index (χ1n) is 7.51. The highest BCUT2D eigenvalue weighted by atomic mass is 16.5. The summed E-state index contributed by atoms with van der Waals surface area (Å²) in [6.07, 6.45) is 6.09. The molecule has 0 aromatic carbocycles. The van der Waals surface area contributed by atoms with Gasteiger partial charge in [-0.1, -0.05) is 13.8 Å². The fraction of sp³-hybridized carbons (Fsp3) is 1.00. The van der Waals surface area contributed by atoms with Gasteiger partial charge in [0, 0.05) is 45.8 Å². The van der Waals surface area contributed by atoms with Gasteiger partial charge in [-0.25, -0.2) is 0 Å². The summed E-state index contributed by atoms with van der Waals surface area (Å²) in [6, 6.07) is 0.677. The van der Waals surface area contributed by atoms with Crippen molar-refractivity contribution < 1.29 is 9.47 Å². The smallest absolute Gasteiger partial charge is 0.0846 e. The second-order valence-corrected chi connectivity index (χ2v) is 6.38. The van der Waals surface area contributed by atoms with E-state index in [0.717, 1.165) is 44.4 Å². The molecule has 2 aliphatic rings. The molecule has 0 unspecified atom stereocenters. The first-order chi connectivity index (χ1) is 8.65. The van der Waals surface area contributed by atoms with E-state index in [9.17, 15) is 0 Å². The van der Waals surface area contributed by atoms with Crippen LogP contribution in [0.5, 0.6) is 0 Å². The molecule has 2 rings (SSSR count). The van der Waals surface area contributed by atoms with Crippen LogP contribution in [0.4, 0.5) is 0 Å². The Morgan fingerprint density at radius 3 is 2.56 bits per heavy atom. The summed E-state index contributed by atoms with van der Waals surface area (Å²) in [6.45, 7) is 7.43. The van der Waals surface area contributed by atoms with E-state index in [2.05, 4.69) is 19.2 Å². The number of hydrogen-bond donors (Lipinski definition) is 1. The van der Waals surface area contributed by atoms with E-state index in [1.54, 1.807) is 0 Å². The summed E-state index contributed by atoms with van der Waals surface area (Å²) in [5, 5.41) is 3.77. The van der Waals surface area contributed by atoms with Gasteiger partial charge in [-0.05, 0) is 31.1 Å². The average molecular weight is 255 g/mol. The lowest BCUT2D eigenvalue weighted by molar-refractivity contribution is -0.0897. The molecule has 1 aliphatic carbocycles. The minimum absolute atomic E-state index is 0.0149. The molecule has 106 valence electrons. The van der Waals surface area contributed by atoms with E-state index in [1.807, 2.05) is 7.11 Å². The zero-order valence-corrected chi connectivity index (χ0v) is 12.2. The van der Waals surface area contributed by atoms with Crippen molar-refractivity contribution in [2.75, 3.05) is 26.9 Å². The molecular formula is C15H29NO2. The first kappa shape index (κ1) is 14.3. The van der Waals surface area contributed by atoms with Crippen LogP contribution in [0, 0.1) is 11.8 Å². The van der Waals surface area contributed by atoms with Crippen molar-refractivity contribution in [3.63, 3.8) is 0 Å². The van der Waals surface area contributed by atoms with E-state index in [-0.39, 0.29) is 5.60 Å². The Morgan fingerprint density at radius 2 is 1.94 bits per heavy atom. The summed E-state index contributed by atoms with van der Waals surface area (Å²) in [5.41, 5.74) is 0.0149. The minimum Gasteiger partial charge on any atom is -0.381 e. The van der Waals surface area contributed by atoms with Gasteiger partial charge in [0.25, 0.3) is 0 Å². The Bertz CT molecular complexity index is 251. The summed E-state index contributed by atoms with van der Waals surface area (Å²) in [4.78, 5) is 0. The Hall–Kier alpha value is -0.120. The predicted octanol–water partition coefficient (Wildman–Crippen LogP) is 2.60. The van der Waals surface area contributed by atoms with Crippen LogP contribution in [0.15, 0.2) is 0 Å². The third-order valence-corrected chi connectivity index (χ3v) is 4.95. The van der Waals surface area contributed by atoms with Crippen molar-refractivity contribution >= 4 is 0 Å². The molecule has 0 amide bonds. The van der Waals surface area contributed by atoms with Gasteiger partial charge in [-0.2, -0.15) is 0 Å². The molecule has 1 saturated heterocycles. The topological polar surface area (TPSA) is 30.5 Å². The third-order valence-electron chi connectivity index (χ3n) is 4.95. The highest BCUT2D eigenvalue weighted by Gasteiger charge is 2.34. The van der Waals surface area contributed by atoms with Crippen LogP contribution in [0.3, 0.4) is 0 Å². The van der Waals surface area contributed by atoms with Crippen molar-refractivity contribution in [2.45, 2.75) is 57.6 Å². The third kappa shape index (κ3) is 3.46. The Morgan fingerprint density at radius 1 is 1.22 bits per heavy atom. The molecule has 1 N–H and O–H groups in total. The van der Waals surface area contributed by atoms with Gasteiger partial charge in [0.05, 0.1) is 5.60 Å². The van der Waals surface area contributed by atoms with Gasteiger partial charge >= 0.3 is 0 Å². The number of rotatable bonds is 4. The Labute approximate surface area is 112 Å². The standard InChI is InChI=1S/C15H29NO2/c1-12-4-5-14(13(2)10-12)16-11-15(17-3)6-8-18-9-7-15/h12-14,16H,4-11H2,1-3H3/t12-,13+,14+/m0/s1. The Kier molecular flexibility index (Phi) is 5.05. The highest BCUT2D eigenvalue weighted by Crippen LogP contribution is 2.30. The highest BCUT2D eigenvalue weighted by molar-refractivity contribution is 4.89. The van der Waals surface area contributed by atoms with E-state index < -0.39 is 0 Å². The normalized spacial score (nSPS) is 36.5. The first-order valence-corrected chi connectivity index (χ1v) is 7.51. The summed E-state index contributed by atoms with van der Waals surface area (Å²) in [5.74, 6) is 1.69. The van der Waals surface area contributed by atoms with E-state index in [1.165, 1.54) is 19.3 Å². The van der Waals surface area contributed by atoms with Crippen LogP contribution < -0.4 is 5.32 Å². The van der Waals surface area contributed by atoms with Crippen molar-refractivity contribution in [1.82, 2.24) is 5.32 Å². The van der Waals surface area contributed by atoms with Crippen LogP contribution in [-0.2, 0) is 9.47 Å². The molecule has 3 heteroatoms. The van der Waals surface area contributed by atoms with Gasteiger partial charge in [-0.3, -0.25) is 0 Å². The molecule has 0 aromatic rings. The maximum atomic E-state index is 5.78. The molecule has 1 heterocycles. The SMILES string of the molecule is COC1(CN[C@@H]2CC[C@H](C)C[C@H]2C)CCOCC1. The van der Waals surface area contributed by atoms with Gasteiger partial charge < -0.3 is 14.8 Å². The van der Waals surface area contributed by atoms with E-state index in [4.69, 9.17) is 9.47 Å². The number of nitrogens with one attached hydrogen (secondary N) is 1. The van der Waals surface area contributed by atoms with E-state index in [0.29, 0.717) is 6.04 Å². The van der Waals surface area contributed by atoms with Crippen LogP contribution in [-0.4, -0.2) is 38.5 Å². The fourth-order valence-electron chi connectivity index (χ4n) is 3.48. The molecule has 0 bridgehead atoms. The molecule has 2 fully saturated rings. The summed E-state index contributed by atoms with van der Waals surface area (Å²) >= 11 is 0. The second-order valence-electron chi connectivity index (χ2n) is 6.38. The van der Waals surface area contributed by atoms with Crippen molar-refractivity contribution in [3.05, 3.63) is 0 Å². The molecule has 18 heavy (non-hydrogen) atoms. The molecule has 0 radical (unpaired) electrons. The van der Waals surface area contributed by atoms with Gasteiger partial charge in [0.2, 0.25) is 0 Å². The van der Waals surface area contributed by atoms with Crippen LogP contribution in [0.2, 0.25) is 0 Å². The minimum atomic E-state index is 0.0149. The lowest BCUT2D eigenvalue weighted by atomic mass is 9.79. The number of ether oxygens (including phenoxy) is 2. The molecule has 0 spiro atoms. The lowest BCUT2D eigenvalue weighted by Crippen LogP contribution is -2.51. The van der Waals surface area contributed by atoms with Crippen molar-refractivity contribution in [2.24, 2.45) is 11.8 Å². The van der Waals surface area contributed by atoms with Crippen LogP contribution in [0.1, 0.15) is 46.0 Å². The maximum absolute atomic E-state index is 5.78. The summed E-state index contributed by atoms with van der Waals surface area (Å²) < 4.78 is 11.2. The van der Waals surface area contributed by atoms with Gasteiger partial charge in [0.1, 0.15) is 0 Å². The molecule has 1 aliphatic heterocycles. The predicted molar refractivity (Wildman–Crippen MR) is 73.8 cm³/mol. The van der Waals surface area contributed by atoms with Gasteiger partial charge in [-0.15, -0.1) is 0 Å². The zero-order valence-electron chi connectivity index (χ0n) is 12.2. The molecule has 3 atom stereocenters. The molecular weight excluding hydrogens is 226 g/mol. The quantitative estimate of drug-likeness (QED) is 0.837. The van der Waals surface area contributed by atoms with Crippen LogP contribution >= 0.6 is 0 Å². The van der Waals surface area contributed by atoms with E-state index >= 15 is 0 Å². The molecule has 0 aromatic heterocycles. The molecule has 3 nitrogen and oxygen atoms in total. The summed E-state index contributed by atoms with van der Waals surface area (Å²) in [7, 11) is 1.85.